The van der Waals surface area contributed by atoms with E-state index in [0.29, 0.717) is 36.8 Å². The van der Waals surface area contributed by atoms with E-state index < -0.39 is 5.54 Å². The first-order valence-corrected chi connectivity index (χ1v) is 11.0. The van der Waals surface area contributed by atoms with Gasteiger partial charge in [0.25, 0.3) is 0 Å². The normalized spacial score (nSPS) is 16.7. The van der Waals surface area contributed by atoms with E-state index in [1.807, 2.05) is 18.2 Å². The molecule has 1 aliphatic carbocycles. The van der Waals surface area contributed by atoms with E-state index >= 15 is 0 Å². The molecule has 0 atom stereocenters. The van der Waals surface area contributed by atoms with Crippen LogP contribution < -0.4 is 14.8 Å². The number of rotatable bonds is 6. The summed E-state index contributed by atoms with van der Waals surface area (Å²) in [6, 6.07) is 12.3. The molecule has 0 bridgehead atoms. The van der Waals surface area contributed by atoms with Gasteiger partial charge in [-0.2, -0.15) is 0 Å². The van der Waals surface area contributed by atoms with Gasteiger partial charge in [0.2, 0.25) is 5.91 Å². The van der Waals surface area contributed by atoms with Gasteiger partial charge < -0.3 is 19.2 Å². The molecular formula is C25H25FN2O4. The van der Waals surface area contributed by atoms with Gasteiger partial charge in [-0.05, 0) is 42.7 Å². The van der Waals surface area contributed by atoms with Crippen molar-refractivity contribution in [1.29, 1.82) is 0 Å². The van der Waals surface area contributed by atoms with Gasteiger partial charge in [-0.3, -0.25) is 4.79 Å². The average Bonchev–Trinajstić information content (AvgIpc) is 3.48. The monoisotopic (exact) mass is 436 g/mol. The van der Waals surface area contributed by atoms with Crippen LogP contribution in [-0.4, -0.2) is 24.1 Å². The molecule has 0 unspecified atom stereocenters. The molecule has 1 aromatic heterocycles. The zero-order chi connectivity index (χ0) is 22.0. The lowest BCUT2D eigenvalue weighted by molar-refractivity contribution is -0.123. The first-order chi connectivity index (χ1) is 15.6. The lowest BCUT2D eigenvalue weighted by Crippen LogP contribution is -2.44. The molecule has 2 heterocycles. The van der Waals surface area contributed by atoms with Crippen molar-refractivity contribution in [2.45, 2.75) is 44.1 Å². The number of oxazole rings is 1. The number of amides is 1. The first kappa shape index (κ1) is 20.5. The highest BCUT2D eigenvalue weighted by Crippen LogP contribution is 2.42. The molecule has 1 amide bonds. The summed E-state index contributed by atoms with van der Waals surface area (Å²) in [5, 5.41) is 3.27. The van der Waals surface area contributed by atoms with E-state index in [0.717, 1.165) is 42.7 Å². The Balaban J connectivity index is 1.26. The predicted molar refractivity (Wildman–Crippen MR) is 116 cm³/mol. The Morgan fingerprint density at radius 3 is 2.66 bits per heavy atom. The number of carbonyl (C=O) groups is 1. The van der Waals surface area contributed by atoms with Gasteiger partial charge in [0.15, 0.2) is 23.1 Å². The summed E-state index contributed by atoms with van der Waals surface area (Å²) in [4.78, 5) is 17.1. The van der Waals surface area contributed by atoms with Gasteiger partial charge in [0.1, 0.15) is 19.0 Å². The van der Waals surface area contributed by atoms with Crippen LogP contribution in [0.4, 0.5) is 4.39 Å². The van der Waals surface area contributed by atoms with Crippen molar-refractivity contribution in [1.82, 2.24) is 10.3 Å². The number of aromatic nitrogens is 1. The maximum absolute atomic E-state index is 14.0. The fraction of sp³-hybridized carbons (Fsp3) is 0.360. The van der Waals surface area contributed by atoms with Crippen LogP contribution in [0.2, 0.25) is 0 Å². The van der Waals surface area contributed by atoms with Gasteiger partial charge >= 0.3 is 0 Å². The third-order valence-electron chi connectivity index (χ3n) is 6.19. The second kappa shape index (κ2) is 8.65. The highest BCUT2D eigenvalue weighted by molar-refractivity contribution is 5.77. The van der Waals surface area contributed by atoms with E-state index in [1.54, 1.807) is 18.2 Å². The number of nitrogens with zero attached hydrogens (tertiary/aromatic N) is 1. The second-order valence-electron chi connectivity index (χ2n) is 8.29. The molecule has 166 valence electrons. The van der Waals surface area contributed by atoms with Crippen LogP contribution in [0, 0.1) is 5.82 Å². The zero-order valence-corrected chi connectivity index (χ0v) is 17.7. The Kier molecular flexibility index (Phi) is 5.55. The number of ether oxygens (including phenoxy) is 2. The van der Waals surface area contributed by atoms with E-state index in [1.165, 1.54) is 12.3 Å². The number of carbonyl (C=O) groups excluding carboxylic acids is 1. The third kappa shape index (κ3) is 4.07. The maximum atomic E-state index is 14.0. The molecule has 1 saturated carbocycles. The molecule has 0 radical (unpaired) electrons. The molecule has 5 rings (SSSR count). The molecule has 2 aliphatic rings. The van der Waals surface area contributed by atoms with E-state index in [2.05, 4.69) is 10.3 Å². The Morgan fingerprint density at radius 2 is 1.84 bits per heavy atom. The quantitative estimate of drug-likeness (QED) is 0.603. The van der Waals surface area contributed by atoms with Gasteiger partial charge in [0.05, 0.1) is 17.3 Å². The van der Waals surface area contributed by atoms with E-state index in [4.69, 9.17) is 13.9 Å². The molecule has 2 aromatic carbocycles. The van der Waals surface area contributed by atoms with Crippen LogP contribution >= 0.6 is 0 Å². The van der Waals surface area contributed by atoms with Crippen molar-refractivity contribution in [2.75, 3.05) is 13.2 Å². The summed E-state index contributed by atoms with van der Waals surface area (Å²) in [6.07, 6.45) is 5.96. The van der Waals surface area contributed by atoms with Crippen LogP contribution in [-0.2, 0) is 16.8 Å². The van der Waals surface area contributed by atoms with Gasteiger partial charge in [-0.25, -0.2) is 9.37 Å². The summed E-state index contributed by atoms with van der Waals surface area (Å²) >= 11 is 0. The van der Waals surface area contributed by atoms with Crippen LogP contribution in [0.5, 0.6) is 11.5 Å². The van der Waals surface area contributed by atoms with E-state index in [-0.39, 0.29) is 18.1 Å². The van der Waals surface area contributed by atoms with Gasteiger partial charge in [-0.1, -0.05) is 31.0 Å². The van der Waals surface area contributed by atoms with Crippen molar-refractivity contribution >= 4 is 5.91 Å². The molecular weight excluding hydrogens is 411 g/mol. The highest BCUT2D eigenvalue weighted by atomic mass is 19.1. The largest absolute Gasteiger partial charge is 0.486 e. The number of nitrogens with one attached hydrogen (secondary N) is 1. The maximum Gasteiger partial charge on any atom is 0.221 e. The SMILES string of the molecule is O=C(CCc1ncc(-c2ccccc2F)o1)NC1(c2ccc3c(c2)OCCO3)CCCC1. The molecule has 1 fully saturated rings. The number of hydrogen-bond donors (Lipinski definition) is 1. The Morgan fingerprint density at radius 1 is 1.06 bits per heavy atom. The molecule has 1 aliphatic heterocycles. The summed E-state index contributed by atoms with van der Waals surface area (Å²) in [6.45, 7) is 1.08. The molecule has 7 heteroatoms. The standard InChI is InChI=1S/C25H25FN2O4/c26-19-6-2-1-5-18(19)22-16-27-24(32-22)10-9-23(29)28-25(11-3-4-12-25)17-7-8-20-21(15-17)31-14-13-30-20/h1-2,5-8,15-16H,3-4,9-14H2,(H,28,29). The Hall–Kier alpha value is -3.35. The van der Waals surface area contributed by atoms with E-state index in [9.17, 15) is 9.18 Å². The summed E-state index contributed by atoms with van der Waals surface area (Å²) in [5.74, 6) is 1.83. The van der Waals surface area contributed by atoms with Crippen molar-refractivity contribution in [3.05, 3.63) is 65.9 Å². The summed E-state index contributed by atoms with van der Waals surface area (Å²) in [7, 11) is 0. The smallest absolute Gasteiger partial charge is 0.221 e. The molecule has 6 nitrogen and oxygen atoms in total. The van der Waals surface area contributed by atoms with Gasteiger partial charge in [0, 0.05) is 12.8 Å². The Labute approximate surface area is 185 Å². The lowest BCUT2D eigenvalue weighted by Gasteiger charge is -2.32. The van der Waals surface area contributed by atoms with Crippen LogP contribution in [0.25, 0.3) is 11.3 Å². The molecule has 3 aromatic rings. The minimum absolute atomic E-state index is 0.0626. The van der Waals surface area contributed by atoms with Gasteiger partial charge in [-0.15, -0.1) is 0 Å². The fourth-order valence-electron chi connectivity index (χ4n) is 4.57. The molecule has 1 N–H and O–H groups in total. The number of halogens is 1. The second-order valence-corrected chi connectivity index (χ2v) is 8.29. The number of hydrogen-bond acceptors (Lipinski definition) is 5. The molecule has 0 spiro atoms. The molecule has 32 heavy (non-hydrogen) atoms. The highest BCUT2D eigenvalue weighted by Gasteiger charge is 2.37. The fourth-order valence-corrected chi connectivity index (χ4v) is 4.57. The summed E-state index contributed by atoms with van der Waals surface area (Å²) in [5.41, 5.74) is 1.01. The minimum Gasteiger partial charge on any atom is -0.486 e. The number of benzene rings is 2. The molecule has 0 saturated heterocycles. The lowest BCUT2D eigenvalue weighted by atomic mass is 9.87. The van der Waals surface area contributed by atoms with Crippen molar-refractivity contribution in [3.63, 3.8) is 0 Å². The van der Waals surface area contributed by atoms with Crippen LogP contribution in [0.3, 0.4) is 0 Å². The Bertz CT molecular complexity index is 1120. The number of fused-ring (bicyclic) bond motifs is 1. The van der Waals surface area contributed by atoms with Crippen LogP contribution in [0.15, 0.2) is 53.1 Å². The van der Waals surface area contributed by atoms with Crippen molar-refractivity contribution in [2.24, 2.45) is 0 Å². The van der Waals surface area contributed by atoms with Crippen molar-refractivity contribution in [3.8, 4) is 22.8 Å². The first-order valence-electron chi connectivity index (χ1n) is 11.0. The van der Waals surface area contributed by atoms with Crippen molar-refractivity contribution < 1.29 is 23.1 Å². The average molecular weight is 436 g/mol. The topological polar surface area (TPSA) is 73.6 Å². The third-order valence-corrected chi connectivity index (χ3v) is 6.19. The van der Waals surface area contributed by atoms with Crippen LogP contribution in [0.1, 0.15) is 43.6 Å². The number of aryl methyl sites for hydroxylation is 1. The minimum atomic E-state index is -0.401. The summed E-state index contributed by atoms with van der Waals surface area (Å²) < 4.78 is 31.0. The zero-order valence-electron chi connectivity index (χ0n) is 17.7. The predicted octanol–water partition coefficient (Wildman–Crippen LogP) is 4.77.